The van der Waals surface area contributed by atoms with Crippen molar-refractivity contribution in [3.05, 3.63) is 84.0 Å². The van der Waals surface area contributed by atoms with E-state index in [0.29, 0.717) is 52.4 Å². The lowest BCUT2D eigenvalue weighted by atomic mass is 10.0. The monoisotopic (exact) mass is 539 g/mol. The Morgan fingerprint density at radius 3 is 2.48 bits per heavy atom. The molecule has 0 radical (unpaired) electrons. The summed E-state index contributed by atoms with van der Waals surface area (Å²) in [5.74, 6) is -0.0610. The number of carbonyl (C=O) groups is 3. The summed E-state index contributed by atoms with van der Waals surface area (Å²) in [6.07, 6.45) is 3.56. The fourth-order valence-corrected chi connectivity index (χ4v) is 4.34. The molecule has 202 valence electrons. The third-order valence-electron chi connectivity index (χ3n) is 6.23. The predicted octanol–water partition coefficient (Wildman–Crippen LogP) is 4.43. The standard InChI is InChI=1S/C30H25N3O7/c1-17(34)29-19-7-5-4-6-18(19)8-9-25(29)40-26-15-23(35)22(13-24(26)36)33-30-20-12-27(38-3)28(39-11-10-37-2)14-21(20)31-16-32-30/h4-9,12-16H,10-11H2,1-3H3,(H,31,32,33). The second-order valence-corrected chi connectivity index (χ2v) is 8.82. The summed E-state index contributed by atoms with van der Waals surface area (Å²) in [5.41, 5.74) is 0.870. The van der Waals surface area contributed by atoms with Gasteiger partial charge in [-0.25, -0.2) is 9.97 Å². The molecule has 3 aromatic carbocycles. The van der Waals surface area contributed by atoms with Crippen molar-refractivity contribution in [2.45, 2.75) is 6.92 Å². The first kappa shape index (κ1) is 26.5. The zero-order chi connectivity index (χ0) is 28.2. The van der Waals surface area contributed by atoms with Crippen LogP contribution in [0.1, 0.15) is 17.3 Å². The molecular weight excluding hydrogens is 514 g/mol. The quantitative estimate of drug-likeness (QED) is 0.176. The molecule has 10 nitrogen and oxygen atoms in total. The Morgan fingerprint density at radius 2 is 1.70 bits per heavy atom. The Kier molecular flexibility index (Phi) is 7.52. The van der Waals surface area contributed by atoms with Crippen LogP contribution in [0.2, 0.25) is 0 Å². The highest BCUT2D eigenvalue weighted by Crippen LogP contribution is 2.35. The number of ketones is 3. The number of hydrogen-bond acceptors (Lipinski definition) is 10. The molecule has 1 aliphatic carbocycles. The van der Waals surface area contributed by atoms with Gasteiger partial charge >= 0.3 is 0 Å². The van der Waals surface area contributed by atoms with E-state index in [4.69, 9.17) is 18.9 Å². The Hall–Kier alpha value is -5.09. The average Bonchev–Trinajstić information content (AvgIpc) is 2.95. The number of nitrogens with one attached hydrogen (secondary N) is 1. The molecule has 1 N–H and O–H groups in total. The molecule has 1 aromatic heterocycles. The van der Waals surface area contributed by atoms with Crippen LogP contribution < -0.4 is 19.5 Å². The van der Waals surface area contributed by atoms with E-state index in [1.807, 2.05) is 18.2 Å². The number of fused-ring (bicyclic) bond motifs is 2. The van der Waals surface area contributed by atoms with Gasteiger partial charge in [0.2, 0.25) is 11.6 Å². The van der Waals surface area contributed by atoms with E-state index in [0.717, 1.165) is 17.5 Å². The Labute approximate surface area is 229 Å². The van der Waals surface area contributed by atoms with Crippen LogP contribution >= 0.6 is 0 Å². The normalized spacial score (nSPS) is 13.2. The SMILES string of the molecule is COCCOc1cc2ncnc(NC3=CC(=O)C(Oc4ccc5ccccc5c4C(C)=O)=CC3=O)c2cc1OC. The molecule has 10 heteroatoms. The van der Waals surface area contributed by atoms with Gasteiger partial charge in [-0.15, -0.1) is 0 Å². The third kappa shape index (κ3) is 5.25. The maximum Gasteiger partial charge on any atom is 0.223 e. The minimum Gasteiger partial charge on any atom is -0.493 e. The van der Waals surface area contributed by atoms with Crippen molar-refractivity contribution < 1.29 is 33.3 Å². The fraction of sp³-hybridized carbons (Fsp3) is 0.167. The van der Waals surface area contributed by atoms with Gasteiger partial charge in [0.05, 0.1) is 30.5 Å². The van der Waals surface area contributed by atoms with E-state index in [1.54, 1.807) is 37.4 Å². The summed E-state index contributed by atoms with van der Waals surface area (Å²) >= 11 is 0. The van der Waals surface area contributed by atoms with Crippen LogP contribution in [0.5, 0.6) is 17.2 Å². The average molecular weight is 540 g/mol. The zero-order valence-electron chi connectivity index (χ0n) is 22.0. The predicted molar refractivity (Wildman–Crippen MR) is 148 cm³/mol. The van der Waals surface area contributed by atoms with Crippen molar-refractivity contribution in [2.75, 3.05) is 32.8 Å². The molecular formula is C30H25N3O7. The van der Waals surface area contributed by atoms with Crippen molar-refractivity contribution in [3.63, 3.8) is 0 Å². The summed E-state index contributed by atoms with van der Waals surface area (Å²) in [5, 5.41) is 5.03. The molecule has 1 heterocycles. The number of nitrogens with zero attached hydrogens (tertiary/aromatic N) is 2. The van der Waals surface area contributed by atoms with Crippen molar-refractivity contribution in [3.8, 4) is 17.2 Å². The minimum absolute atomic E-state index is 0.00189. The van der Waals surface area contributed by atoms with Crippen molar-refractivity contribution in [1.29, 1.82) is 0 Å². The number of benzene rings is 3. The smallest absolute Gasteiger partial charge is 0.223 e. The third-order valence-corrected chi connectivity index (χ3v) is 6.23. The summed E-state index contributed by atoms with van der Waals surface area (Å²) in [7, 11) is 3.09. The van der Waals surface area contributed by atoms with Crippen LogP contribution in [0, 0.1) is 0 Å². The van der Waals surface area contributed by atoms with E-state index in [-0.39, 0.29) is 23.0 Å². The van der Waals surface area contributed by atoms with Crippen LogP contribution in [0.3, 0.4) is 0 Å². The first-order valence-corrected chi connectivity index (χ1v) is 12.3. The molecule has 0 atom stereocenters. The second-order valence-electron chi connectivity index (χ2n) is 8.82. The number of rotatable bonds is 10. The molecule has 1 aliphatic rings. The van der Waals surface area contributed by atoms with Crippen LogP contribution in [-0.4, -0.2) is 54.8 Å². The van der Waals surface area contributed by atoms with Gasteiger partial charge in [0.15, 0.2) is 23.0 Å². The van der Waals surface area contributed by atoms with E-state index >= 15 is 0 Å². The molecule has 4 aromatic rings. The zero-order valence-corrected chi connectivity index (χ0v) is 22.0. The van der Waals surface area contributed by atoms with Gasteiger partial charge in [-0.05, 0) is 29.8 Å². The van der Waals surface area contributed by atoms with Crippen molar-refractivity contribution >= 4 is 44.8 Å². The Morgan fingerprint density at radius 1 is 0.875 bits per heavy atom. The van der Waals surface area contributed by atoms with Gasteiger partial charge in [-0.1, -0.05) is 30.3 Å². The number of hydrogen-bond donors (Lipinski definition) is 1. The van der Waals surface area contributed by atoms with Crippen LogP contribution in [-0.2, 0) is 14.3 Å². The number of carbonyl (C=O) groups excluding carboxylic acids is 3. The van der Waals surface area contributed by atoms with E-state index in [9.17, 15) is 14.4 Å². The van der Waals surface area contributed by atoms with Gasteiger partial charge in [0.1, 0.15) is 24.5 Å². The van der Waals surface area contributed by atoms with Crippen LogP contribution in [0.4, 0.5) is 5.82 Å². The van der Waals surface area contributed by atoms with Gasteiger partial charge in [-0.3, -0.25) is 14.4 Å². The highest BCUT2D eigenvalue weighted by molar-refractivity contribution is 6.21. The molecule has 0 spiro atoms. The summed E-state index contributed by atoms with van der Waals surface area (Å²) in [6, 6.07) is 14.1. The van der Waals surface area contributed by atoms with Crippen LogP contribution in [0.25, 0.3) is 21.7 Å². The van der Waals surface area contributed by atoms with E-state index < -0.39 is 11.6 Å². The first-order chi connectivity index (χ1) is 19.4. The van der Waals surface area contributed by atoms with Crippen molar-refractivity contribution in [1.82, 2.24) is 9.97 Å². The molecule has 0 aliphatic heterocycles. The molecule has 0 unspecified atom stereocenters. The molecule has 0 saturated carbocycles. The highest BCUT2D eigenvalue weighted by Gasteiger charge is 2.25. The summed E-state index contributed by atoms with van der Waals surface area (Å²) in [4.78, 5) is 47.0. The van der Waals surface area contributed by atoms with Gasteiger partial charge < -0.3 is 24.3 Å². The number of allylic oxidation sites excluding steroid dienone is 2. The number of anilines is 1. The lowest BCUT2D eigenvalue weighted by Crippen LogP contribution is -2.21. The molecule has 40 heavy (non-hydrogen) atoms. The Bertz CT molecular complexity index is 1730. The molecule has 0 amide bonds. The number of methoxy groups -OCH3 is 2. The van der Waals surface area contributed by atoms with Gasteiger partial charge in [0.25, 0.3) is 0 Å². The van der Waals surface area contributed by atoms with Crippen LogP contribution in [0.15, 0.2) is 78.5 Å². The van der Waals surface area contributed by atoms with Gasteiger partial charge in [-0.2, -0.15) is 0 Å². The van der Waals surface area contributed by atoms with Crippen molar-refractivity contribution in [2.24, 2.45) is 0 Å². The lowest BCUT2D eigenvalue weighted by molar-refractivity contribution is -0.116. The summed E-state index contributed by atoms with van der Waals surface area (Å²) < 4.78 is 22.0. The van der Waals surface area contributed by atoms with Gasteiger partial charge in [0, 0.05) is 30.7 Å². The largest absolute Gasteiger partial charge is 0.493 e. The summed E-state index contributed by atoms with van der Waals surface area (Å²) in [6.45, 7) is 2.15. The minimum atomic E-state index is -0.547. The number of Topliss-reactive ketones (excluding diaryl/α,β-unsaturated/α-hetero) is 1. The molecule has 0 saturated heterocycles. The maximum absolute atomic E-state index is 13.0. The number of aromatic nitrogens is 2. The topological polar surface area (TPSA) is 126 Å². The van der Waals surface area contributed by atoms with E-state index in [2.05, 4.69) is 15.3 Å². The number of ether oxygens (including phenoxy) is 4. The molecule has 0 bridgehead atoms. The molecule has 0 fully saturated rings. The maximum atomic E-state index is 13.0. The first-order valence-electron chi connectivity index (χ1n) is 12.3. The highest BCUT2D eigenvalue weighted by atomic mass is 16.5. The van der Waals surface area contributed by atoms with E-state index in [1.165, 1.54) is 20.4 Å². The second kappa shape index (κ2) is 11.3. The molecule has 5 rings (SSSR count). The lowest BCUT2D eigenvalue weighted by Gasteiger charge is -2.17. The fourth-order valence-electron chi connectivity index (χ4n) is 4.34. The Balaban J connectivity index is 1.41.